The van der Waals surface area contributed by atoms with Crippen molar-refractivity contribution in [3.05, 3.63) is 41.3 Å². The molecule has 1 aromatic carbocycles. The smallest absolute Gasteiger partial charge is 0.325 e. The molecule has 144 valence electrons. The molecule has 3 rings (SSSR count). The number of carbonyl (C=O) groups excluding carboxylic acids is 1. The highest BCUT2D eigenvalue weighted by Gasteiger charge is 2.19. The van der Waals surface area contributed by atoms with Gasteiger partial charge < -0.3 is 19.7 Å². The normalized spacial score (nSPS) is 17.4. The third-order valence-corrected chi connectivity index (χ3v) is 4.21. The fourth-order valence-electron chi connectivity index (χ4n) is 2.60. The third-order valence-electron chi connectivity index (χ3n) is 3.98. The number of nitrogens with zero attached hydrogens (tertiary/aromatic N) is 3. The number of ether oxygens (including phenoxy) is 2. The van der Waals surface area contributed by atoms with Gasteiger partial charge >= 0.3 is 6.03 Å². The Morgan fingerprint density at radius 1 is 1.37 bits per heavy atom. The number of likely N-dealkylation sites (N-methyl/N-ethyl adjacent to an activating group) is 1. The standard InChI is InChI=1S/C18H22ClN5O3/c1-12-8-21-17(9-20-12)23-18(25)22-15-7-13(19)3-4-16(15)27-11-14-10-24(2)5-6-26-14/h3-4,7-9,14H,5-6,10-11H2,1-2H3,(H2,21,22,23,25). The first kappa shape index (κ1) is 19.3. The van der Waals surface area contributed by atoms with E-state index in [9.17, 15) is 4.79 Å². The van der Waals surface area contributed by atoms with Crippen molar-refractivity contribution in [1.29, 1.82) is 0 Å². The average Bonchev–Trinajstić information content (AvgIpc) is 2.63. The summed E-state index contributed by atoms with van der Waals surface area (Å²) in [5.41, 5.74) is 1.23. The van der Waals surface area contributed by atoms with E-state index in [1.807, 2.05) is 14.0 Å². The van der Waals surface area contributed by atoms with Gasteiger partial charge in [-0.1, -0.05) is 11.6 Å². The predicted octanol–water partition coefficient (Wildman–Crippen LogP) is 2.79. The number of benzene rings is 1. The second-order valence-electron chi connectivity index (χ2n) is 6.33. The number of nitrogens with one attached hydrogen (secondary N) is 2. The maximum Gasteiger partial charge on any atom is 0.325 e. The summed E-state index contributed by atoms with van der Waals surface area (Å²) in [6, 6.07) is 4.59. The van der Waals surface area contributed by atoms with Gasteiger partial charge in [0.25, 0.3) is 0 Å². The largest absolute Gasteiger partial charge is 0.489 e. The van der Waals surface area contributed by atoms with Crippen molar-refractivity contribution >= 4 is 29.1 Å². The van der Waals surface area contributed by atoms with Crippen molar-refractivity contribution in [2.75, 3.05) is 44.0 Å². The monoisotopic (exact) mass is 391 g/mol. The Morgan fingerprint density at radius 2 is 2.22 bits per heavy atom. The molecule has 0 saturated carbocycles. The minimum Gasteiger partial charge on any atom is -0.489 e. The highest BCUT2D eigenvalue weighted by molar-refractivity contribution is 6.31. The highest BCUT2D eigenvalue weighted by Crippen LogP contribution is 2.28. The molecule has 1 atom stereocenters. The summed E-state index contributed by atoms with van der Waals surface area (Å²) in [6.45, 7) is 4.58. The SMILES string of the molecule is Cc1cnc(NC(=O)Nc2cc(Cl)ccc2OCC2CN(C)CCO2)cn1. The Balaban J connectivity index is 1.62. The first-order valence-electron chi connectivity index (χ1n) is 8.59. The summed E-state index contributed by atoms with van der Waals surface area (Å²) >= 11 is 6.06. The average molecular weight is 392 g/mol. The third kappa shape index (κ3) is 5.78. The molecule has 8 nitrogen and oxygen atoms in total. The van der Waals surface area contributed by atoms with E-state index >= 15 is 0 Å². The Bertz CT molecular complexity index is 787. The quantitative estimate of drug-likeness (QED) is 0.814. The molecule has 0 spiro atoms. The molecule has 2 amide bonds. The van der Waals surface area contributed by atoms with Crippen LogP contribution in [0.15, 0.2) is 30.6 Å². The second kappa shape index (κ2) is 8.98. The van der Waals surface area contributed by atoms with Gasteiger partial charge in [0.1, 0.15) is 18.5 Å². The number of amides is 2. The van der Waals surface area contributed by atoms with Crippen LogP contribution in [0.2, 0.25) is 5.02 Å². The van der Waals surface area contributed by atoms with Crippen molar-refractivity contribution < 1.29 is 14.3 Å². The van der Waals surface area contributed by atoms with Crippen LogP contribution in [0.1, 0.15) is 5.69 Å². The van der Waals surface area contributed by atoms with Gasteiger partial charge in [-0.15, -0.1) is 0 Å². The number of aryl methyl sites for hydroxylation is 1. The maximum atomic E-state index is 12.3. The summed E-state index contributed by atoms with van der Waals surface area (Å²) in [4.78, 5) is 22.6. The van der Waals surface area contributed by atoms with E-state index in [4.69, 9.17) is 21.1 Å². The predicted molar refractivity (Wildman–Crippen MR) is 104 cm³/mol. The van der Waals surface area contributed by atoms with E-state index in [0.29, 0.717) is 35.5 Å². The molecule has 2 heterocycles. The van der Waals surface area contributed by atoms with Gasteiger partial charge in [0.15, 0.2) is 5.82 Å². The first-order chi connectivity index (χ1) is 13.0. The summed E-state index contributed by atoms with van der Waals surface area (Å²) in [7, 11) is 2.04. The highest BCUT2D eigenvalue weighted by atomic mass is 35.5. The number of aromatic nitrogens is 2. The van der Waals surface area contributed by atoms with Crippen LogP contribution >= 0.6 is 11.6 Å². The van der Waals surface area contributed by atoms with Gasteiger partial charge in [-0.2, -0.15) is 0 Å². The summed E-state index contributed by atoms with van der Waals surface area (Å²) in [5.74, 6) is 0.864. The molecule has 0 bridgehead atoms. The molecule has 0 radical (unpaired) electrons. The van der Waals surface area contributed by atoms with E-state index in [-0.39, 0.29) is 6.10 Å². The van der Waals surface area contributed by atoms with Gasteiger partial charge in [-0.3, -0.25) is 10.3 Å². The fraction of sp³-hybridized carbons (Fsp3) is 0.389. The fourth-order valence-corrected chi connectivity index (χ4v) is 2.78. The minimum atomic E-state index is -0.464. The number of morpholine rings is 1. The van der Waals surface area contributed by atoms with Crippen LogP contribution in [0, 0.1) is 6.92 Å². The summed E-state index contributed by atoms with van der Waals surface area (Å²) in [6.07, 6.45) is 3.04. The number of hydrogen-bond acceptors (Lipinski definition) is 6. The molecule has 1 aliphatic heterocycles. The summed E-state index contributed by atoms with van der Waals surface area (Å²) < 4.78 is 11.6. The number of hydrogen-bond donors (Lipinski definition) is 2. The van der Waals surface area contributed by atoms with E-state index in [1.54, 1.807) is 24.4 Å². The van der Waals surface area contributed by atoms with Crippen LogP contribution in [-0.4, -0.2) is 60.4 Å². The Labute approximate surface area is 162 Å². The molecule has 2 aromatic rings. The first-order valence-corrected chi connectivity index (χ1v) is 8.96. The molecule has 1 fully saturated rings. The molecule has 27 heavy (non-hydrogen) atoms. The van der Waals surface area contributed by atoms with Crippen LogP contribution in [0.5, 0.6) is 5.75 Å². The molecule has 2 N–H and O–H groups in total. The lowest BCUT2D eigenvalue weighted by Gasteiger charge is -2.30. The molecule has 1 aliphatic rings. The van der Waals surface area contributed by atoms with Gasteiger partial charge in [0.2, 0.25) is 0 Å². The topological polar surface area (TPSA) is 88.6 Å². The zero-order chi connectivity index (χ0) is 19.2. The van der Waals surface area contributed by atoms with Crippen molar-refractivity contribution in [3.63, 3.8) is 0 Å². The van der Waals surface area contributed by atoms with Gasteiger partial charge in [-0.05, 0) is 32.2 Å². The van der Waals surface area contributed by atoms with Gasteiger partial charge in [-0.25, -0.2) is 9.78 Å². The lowest BCUT2D eigenvalue weighted by Crippen LogP contribution is -2.42. The lowest BCUT2D eigenvalue weighted by molar-refractivity contribution is -0.0402. The van der Waals surface area contributed by atoms with Crippen LogP contribution in [0.4, 0.5) is 16.3 Å². The molecule has 9 heteroatoms. The Morgan fingerprint density at radius 3 is 2.96 bits per heavy atom. The Kier molecular flexibility index (Phi) is 6.44. The molecule has 1 saturated heterocycles. The maximum absolute atomic E-state index is 12.3. The molecule has 1 aromatic heterocycles. The lowest BCUT2D eigenvalue weighted by atomic mass is 10.2. The van der Waals surface area contributed by atoms with Crippen LogP contribution in [0.25, 0.3) is 0 Å². The van der Waals surface area contributed by atoms with Crippen molar-refractivity contribution in [2.45, 2.75) is 13.0 Å². The number of rotatable bonds is 5. The van der Waals surface area contributed by atoms with E-state index in [1.165, 1.54) is 6.20 Å². The molecule has 1 unspecified atom stereocenters. The Hall–Kier alpha value is -2.42. The number of halogens is 1. The van der Waals surface area contributed by atoms with Crippen molar-refractivity contribution in [2.24, 2.45) is 0 Å². The summed E-state index contributed by atoms with van der Waals surface area (Å²) in [5, 5.41) is 5.84. The van der Waals surface area contributed by atoms with E-state index in [0.717, 1.165) is 18.8 Å². The van der Waals surface area contributed by atoms with Crippen LogP contribution in [0.3, 0.4) is 0 Å². The molecule has 0 aliphatic carbocycles. The number of anilines is 2. The van der Waals surface area contributed by atoms with Gasteiger partial charge in [0.05, 0.1) is 30.4 Å². The zero-order valence-electron chi connectivity index (χ0n) is 15.2. The van der Waals surface area contributed by atoms with E-state index < -0.39 is 6.03 Å². The molecular weight excluding hydrogens is 370 g/mol. The molecular formula is C18H22ClN5O3. The van der Waals surface area contributed by atoms with Crippen molar-refractivity contribution in [3.8, 4) is 5.75 Å². The van der Waals surface area contributed by atoms with Gasteiger partial charge in [0, 0.05) is 18.1 Å². The van der Waals surface area contributed by atoms with Crippen LogP contribution < -0.4 is 15.4 Å². The number of carbonyl (C=O) groups is 1. The minimum absolute atomic E-state index is 0.0241. The van der Waals surface area contributed by atoms with E-state index in [2.05, 4.69) is 25.5 Å². The second-order valence-corrected chi connectivity index (χ2v) is 6.77. The van der Waals surface area contributed by atoms with Crippen molar-refractivity contribution in [1.82, 2.24) is 14.9 Å². The van der Waals surface area contributed by atoms with Crippen LogP contribution in [-0.2, 0) is 4.74 Å². The zero-order valence-corrected chi connectivity index (χ0v) is 16.0. The number of urea groups is 1.